The largest absolute Gasteiger partial charge is 0.309 e. The summed E-state index contributed by atoms with van der Waals surface area (Å²) in [5.74, 6) is 0. The lowest BCUT2D eigenvalue weighted by Gasteiger charge is -2.14. The normalized spacial score (nSPS) is 25.0. The maximum atomic E-state index is 3.64. The van der Waals surface area contributed by atoms with Crippen LogP contribution in [-0.4, -0.2) is 36.6 Å². The standard InChI is InChI=1S/C16H22N2/c1-2-5-14(6-3-1)7-4-11-17-15-10-12-18(13-15)16-8-9-16/h1-7,15-17H,8-13H2. The van der Waals surface area contributed by atoms with E-state index in [1.54, 1.807) is 0 Å². The van der Waals surface area contributed by atoms with Crippen LogP contribution in [0.4, 0.5) is 0 Å². The molecule has 2 nitrogen and oxygen atoms in total. The summed E-state index contributed by atoms with van der Waals surface area (Å²) in [6.45, 7) is 3.53. The van der Waals surface area contributed by atoms with Gasteiger partial charge in [-0.1, -0.05) is 42.5 Å². The molecule has 1 saturated heterocycles. The maximum Gasteiger partial charge on any atom is 0.0210 e. The molecule has 2 aliphatic rings. The van der Waals surface area contributed by atoms with Crippen molar-refractivity contribution in [2.24, 2.45) is 0 Å². The molecule has 1 N–H and O–H groups in total. The van der Waals surface area contributed by atoms with E-state index in [1.807, 2.05) is 0 Å². The van der Waals surface area contributed by atoms with E-state index >= 15 is 0 Å². The molecule has 0 aromatic heterocycles. The van der Waals surface area contributed by atoms with E-state index in [2.05, 4.69) is 52.7 Å². The number of benzene rings is 1. The number of nitrogens with one attached hydrogen (secondary N) is 1. The molecule has 1 heterocycles. The Kier molecular flexibility index (Phi) is 3.77. The van der Waals surface area contributed by atoms with Crippen LogP contribution in [0.3, 0.4) is 0 Å². The van der Waals surface area contributed by atoms with Crippen molar-refractivity contribution in [3.05, 3.63) is 42.0 Å². The van der Waals surface area contributed by atoms with Crippen LogP contribution in [-0.2, 0) is 0 Å². The third kappa shape index (κ3) is 3.21. The second-order valence-corrected chi connectivity index (χ2v) is 5.43. The third-order valence-corrected chi connectivity index (χ3v) is 3.92. The molecule has 1 aliphatic heterocycles. The van der Waals surface area contributed by atoms with Crippen LogP contribution in [0.1, 0.15) is 24.8 Å². The summed E-state index contributed by atoms with van der Waals surface area (Å²) in [5.41, 5.74) is 1.28. The van der Waals surface area contributed by atoms with E-state index in [4.69, 9.17) is 0 Å². The molecule has 0 spiro atoms. The molecular weight excluding hydrogens is 220 g/mol. The second-order valence-electron chi connectivity index (χ2n) is 5.43. The SMILES string of the molecule is C(=Cc1ccccc1)CNC1CCN(C2CC2)C1. The quantitative estimate of drug-likeness (QED) is 0.853. The molecule has 18 heavy (non-hydrogen) atoms. The minimum atomic E-state index is 0.700. The van der Waals surface area contributed by atoms with Crippen LogP contribution in [0, 0.1) is 0 Å². The first-order valence-corrected chi connectivity index (χ1v) is 7.11. The zero-order valence-corrected chi connectivity index (χ0v) is 10.9. The van der Waals surface area contributed by atoms with Crippen molar-refractivity contribution in [3.63, 3.8) is 0 Å². The van der Waals surface area contributed by atoms with E-state index in [-0.39, 0.29) is 0 Å². The topological polar surface area (TPSA) is 15.3 Å². The van der Waals surface area contributed by atoms with E-state index < -0.39 is 0 Å². The number of hydrogen-bond donors (Lipinski definition) is 1. The van der Waals surface area contributed by atoms with Crippen molar-refractivity contribution in [3.8, 4) is 0 Å². The fraction of sp³-hybridized carbons (Fsp3) is 0.500. The number of nitrogens with zero attached hydrogens (tertiary/aromatic N) is 1. The molecule has 1 unspecified atom stereocenters. The van der Waals surface area contributed by atoms with Crippen molar-refractivity contribution in [1.29, 1.82) is 0 Å². The Balaban J connectivity index is 1.38. The Morgan fingerprint density at radius 3 is 2.78 bits per heavy atom. The minimum Gasteiger partial charge on any atom is -0.309 e. The highest BCUT2D eigenvalue weighted by atomic mass is 15.2. The van der Waals surface area contributed by atoms with Gasteiger partial charge in [0.25, 0.3) is 0 Å². The molecule has 1 saturated carbocycles. The summed E-state index contributed by atoms with van der Waals surface area (Å²) < 4.78 is 0. The highest BCUT2D eigenvalue weighted by Crippen LogP contribution is 2.29. The summed E-state index contributed by atoms with van der Waals surface area (Å²) in [6.07, 6.45) is 8.60. The Hall–Kier alpha value is -1.12. The van der Waals surface area contributed by atoms with Crippen molar-refractivity contribution in [2.45, 2.75) is 31.3 Å². The third-order valence-electron chi connectivity index (χ3n) is 3.92. The van der Waals surface area contributed by atoms with Crippen molar-refractivity contribution >= 4 is 6.08 Å². The summed E-state index contributed by atoms with van der Waals surface area (Å²) in [7, 11) is 0. The lowest BCUT2D eigenvalue weighted by atomic mass is 10.2. The van der Waals surface area contributed by atoms with Crippen molar-refractivity contribution in [2.75, 3.05) is 19.6 Å². The molecule has 3 rings (SSSR count). The summed E-state index contributed by atoms with van der Waals surface area (Å²) in [6, 6.07) is 12.1. The summed E-state index contributed by atoms with van der Waals surface area (Å²) >= 11 is 0. The molecule has 2 fully saturated rings. The second kappa shape index (κ2) is 5.68. The lowest BCUT2D eigenvalue weighted by Crippen LogP contribution is -2.33. The van der Waals surface area contributed by atoms with Crippen molar-refractivity contribution < 1.29 is 0 Å². The number of likely N-dealkylation sites (tertiary alicyclic amines) is 1. The van der Waals surface area contributed by atoms with Gasteiger partial charge in [-0.05, 0) is 24.8 Å². The lowest BCUT2D eigenvalue weighted by molar-refractivity contribution is 0.319. The van der Waals surface area contributed by atoms with Crippen LogP contribution in [0.5, 0.6) is 0 Å². The summed E-state index contributed by atoms with van der Waals surface area (Å²) in [4.78, 5) is 2.65. The molecule has 1 aromatic rings. The molecular formula is C16H22N2. The van der Waals surface area contributed by atoms with Gasteiger partial charge in [0.15, 0.2) is 0 Å². The van der Waals surface area contributed by atoms with Crippen LogP contribution in [0.25, 0.3) is 6.08 Å². The first kappa shape index (κ1) is 11.9. The van der Waals surface area contributed by atoms with Gasteiger partial charge in [-0.25, -0.2) is 0 Å². The predicted octanol–water partition coefficient (Wildman–Crippen LogP) is 2.53. The van der Waals surface area contributed by atoms with E-state index in [1.165, 1.54) is 37.9 Å². The van der Waals surface area contributed by atoms with Gasteiger partial charge in [0.1, 0.15) is 0 Å². The molecule has 1 aliphatic carbocycles. The number of hydrogen-bond acceptors (Lipinski definition) is 2. The number of rotatable bonds is 5. The van der Waals surface area contributed by atoms with Crippen LogP contribution < -0.4 is 5.32 Å². The molecule has 1 aromatic carbocycles. The van der Waals surface area contributed by atoms with Crippen LogP contribution >= 0.6 is 0 Å². The van der Waals surface area contributed by atoms with Gasteiger partial charge in [-0.3, -0.25) is 4.90 Å². The smallest absolute Gasteiger partial charge is 0.0210 e. The first-order valence-electron chi connectivity index (χ1n) is 7.11. The molecule has 0 amide bonds. The zero-order chi connectivity index (χ0) is 12.2. The predicted molar refractivity (Wildman–Crippen MR) is 76.5 cm³/mol. The zero-order valence-electron chi connectivity index (χ0n) is 10.9. The van der Waals surface area contributed by atoms with Crippen LogP contribution in [0.15, 0.2) is 36.4 Å². The minimum absolute atomic E-state index is 0.700. The summed E-state index contributed by atoms with van der Waals surface area (Å²) in [5, 5.41) is 3.64. The molecule has 0 bridgehead atoms. The van der Waals surface area contributed by atoms with E-state index in [9.17, 15) is 0 Å². The van der Waals surface area contributed by atoms with Gasteiger partial charge in [0.05, 0.1) is 0 Å². The molecule has 96 valence electrons. The Morgan fingerprint density at radius 2 is 2.00 bits per heavy atom. The van der Waals surface area contributed by atoms with E-state index in [0.29, 0.717) is 6.04 Å². The average Bonchev–Trinajstić information content (AvgIpc) is 3.16. The fourth-order valence-corrected chi connectivity index (χ4v) is 2.72. The first-order chi connectivity index (χ1) is 8.92. The molecule has 2 heteroatoms. The maximum absolute atomic E-state index is 3.64. The Morgan fingerprint density at radius 1 is 1.17 bits per heavy atom. The molecule has 0 radical (unpaired) electrons. The average molecular weight is 242 g/mol. The van der Waals surface area contributed by atoms with Crippen molar-refractivity contribution in [1.82, 2.24) is 10.2 Å². The van der Waals surface area contributed by atoms with Gasteiger partial charge in [-0.15, -0.1) is 0 Å². The highest BCUT2D eigenvalue weighted by Gasteiger charge is 2.33. The fourth-order valence-electron chi connectivity index (χ4n) is 2.72. The Bertz CT molecular complexity index is 395. The Labute approximate surface area is 110 Å². The van der Waals surface area contributed by atoms with Crippen LogP contribution in [0.2, 0.25) is 0 Å². The molecule has 1 atom stereocenters. The van der Waals surface area contributed by atoms with Gasteiger partial charge in [-0.2, -0.15) is 0 Å². The van der Waals surface area contributed by atoms with Gasteiger partial charge in [0, 0.05) is 31.7 Å². The monoisotopic (exact) mass is 242 g/mol. The van der Waals surface area contributed by atoms with E-state index in [0.717, 1.165) is 12.6 Å². The highest BCUT2D eigenvalue weighted by molar-refractivity contribution is 5.48. The van der Waals surface area contributed by atoms with Gasteiger partial charge < -0.3 is 5.32 Å². The van der Waals surface area contributed by atoms with Gasteiger partial charge in [0.2, 0.25) is 0 Å². The van der Waals surface area contributed by atoms with Gasteiger partial charge >= 0.3 is 0 Å².